The quantitative estimate of drug-likeness (QED) is 0.941. The van der Waals surface area contributed by atoms with Crippen LogP contribution < -0.4 is 0 Å². The summed E-state index contributed by atoms with van der Waals surface area (Å²) >= 11 is 0. The molecule has 0 bridgehead atoms. The van der Waals surface area contributed by atoms with E-state index in [2.05, 4.69) is 39.1 Å². The van der Waals surface area contributed by atoms with Crippen LogP contribution in [0.5, 0.6) is 0 Å². The molecule has 1 aromatic carbocycles. The van der Waals surface area contributed by atoms with Crippen molar-refractivity contribution in [3.63, 3.8) is 0 Å². The van der Waals surface area contributed by atoms with Gasteiger partial charge >= 0.3 is 0 Å². The van der Waals surface area contributed by atoms with E-state index in [-0.39, 0.29) is 11.7 Å². The van der Waals surface area contributed by atoms with E-state index in [4.69, 9.17) is 0 Å². The molecule has 3 rings (SSSR count). The summed E-state index contributed by atoms with van der Waals surface area (Å²) in [5.74, 6) is 0.637. The minimum Gasteiger partial charge on any atom is -0.342 e. The van der Waals surface area contributed by atoms with Crippen LogP contribution in [0.1, 0.15) is 42.0 Å². The highest BCUT2D eigenvalue weighted by Crippen LogP contribution is 2.26. The maximum absolute atomic E-state index is 11.9. The minimum atomic E-state index is -0.178. The first-order valence-corrected chi connectivity index (χ1v) is 8.04. The summed E-state index contributed by atoms with van der Waals surface area (Å²) in [4.78, 5) is 20.1. The Morgan fingerprint density at radius 3 is 2.48 bits per heavy atom. The molecule has 0 spiro atoms. The van der Waals surface area contributed by atoms with E-state index in [1.54, 1.807) is 14.1 Å². The molecule has 1 amide bonds. The van der Waals surface area contributed by atoms with Crippen molar-refractivity contribution in [2.24, 2.45) is 0 Å². The van der Waals surface area contributed by atoms with Gasteiger partial charge in [-0.1, -0.05) is 24.3 Å². The average molecular weight is 313 g/mol. The molecule has 0 unspecified atom stereocenters. The standard InChI is InChI=1S/C17H23N5O/c1-12(22-10-4-5-11-22)13-6-8-14(9-7-13)15-18-16(20-19-15)17(23)21(2)3/h6-9,12H,4-5,10-11H2,1-3H3,(H,18,19,20)/t12-/m1/s1. The largest absolute Gasteiger partial charge is 0.342 e. The minimum absolute atomic E-state index is 0.178. The van der Waals surface area contributed by atoms with Crippen LogP contribution in [0.2, 0.25) is 0 Å². The van der Waals surface area contributed by atoms with Gasteiger partial charge in [-0.2, -0.15) is 5.10 Å². The van der Waals surface area contributed by atoms with Crippen molar-refractivity contribution in [3.05, 3.63) is 35.7 Å². The third-order valence-corrected chi connectivity index (χ3v) is 4.43. The lowest BCUT2D eigenvalue weighted by Crippen LogP contribution is -2.23. The van der Waals surface area contributed by atoms with Crippen molar-refractivity contribution in [1.82, 2.24) is 25.0 Å². The highest BCUT2D eigenvalue weighted by atomic mass is 16.2. The van der Waals surface area contributed by atoms with E-state index < -0.39 is 0 Å². The number of aromatic nitrogens is 3. The van der Waals surface area contributed by atoms with Gasteiger partial charge in [-0.3, -0.25) is 14.8 Å². The lowest BCUT2D eigenvalue weighted by Gasteiger charge is -2.24. The molecular formula is C17H23N5O. The van der Waals surface area contributed by atoms with Gasteiger partial charge in [0.1, 0.15) is 0 Å². The van der Waals surface area contributed by atoms with Crippen LogP contribution >= 0.6 is 0 Å². The zero-order valence-corrected chi connectivity index (χ0v) is 13.9. The summed E-state index contributed by atoms with van der Waals surface area (Å²) in [5, 5.41) is 6.85. The predicted octanol–water partition coefficient (Wildman–Crippen LogP) is 2.33. The average Bonchev–Trinajstić information content (AvgIpc) is 3.25. The molecule has 0 saturated carbocycles. The highest BCUT2D eigenvalue weighted by Gasteiger charge is 2.20. The van der Waals surface area contributed by atoms with E-state index >= 15 is 0 Å². The third kappa shape index (κ3) is 3.27. The number of benzene rings is 1. The Hall–Kier alpha value is -2.21. The van der Waals surface area contributed by atoms with E-state index in [9.17, 15) is 4.79 Å². The van der Waals surface area contributed by atoms with Crippen LogP contribution in [0.4, 0.5) is 0 Å². The molecular weight excluding hydrogens is 290 g/mol. The van der Waals surface area contributed by atoms with E-state index in [0.717, 1.165) is 5.56 Å². The number of aromatic amines is 1. The van der Waals surface area contributed by atoms with E-state index in [0.29, 0.717) is 11.9 Å². The lowest BCUT2D eigenvalue weighted by molar-refractivity contribution is 0.0816. The van der Waals surface area contributed by atoms with Crippen molar-refractivity contribution in [3.8, 4) is 11.4 Å². The van der Waals surface area contributed by atoms with E-state index in [1.165, 1.54) is 36.4 Å². The molecule has 2 heterocycles. The molecule has 1 N–H and O–H groups in total. The number of hydrogen-bond acceptors (Lipinski definition) is 4. The van der Waals surface area contributed by atoms with Crippen molar-refractivity contribution in [1.29, 1.82) is 0 Å². The molecule has 0 aliphatic carbocycles. The number of rotatable bonds is 4. The first-order chi connectivity index (χ1) is 11.1. The van der Waals surface area contributed by atoms with Gasteiger partial charge in [0.15, 0.2) is 5.82 Å². The number of nitrogens with one attached hydrogen (secondary N) is 1. The van der Waals surface area contributed by atoms with Crippen molar-refractivity contribution in [2.45, 2.75) is 25.8 Å². The Bertz CT molecular complexity index is 671. The van der Waals surface area contributed by atoms with Gasteiger partial charge in [0.2, 0.25) is 5.82 Å². The van der Waals surface area contributed by atoms with Gasteiger partial charge < -0.3 is 4.90 Å². The molecule has 122 valence electrons. The summed E-state index contributed by atoms with van der Waals surface area (Å²) in [5.41, 5.74) is 2.22. The van der Waals surface area contributed by atoms with Crippen LogP contribution in [-0.2, 0) is 0 Å². The summed E-state index contributed by atoms with van der Waals surface area (Å²) in [6.45, 7) is 4.61. The molecule has 2 aromatic rings. The van der Waals surface area contributed by atoms with Crippen LogP contribution in [0.15, 0.2) is 24.3 Å². The van der Waals surface area contributed by atoms with Crippen molar-refractivity contribution >= 4 is 5.91 Å². The van der Waals surface area contributed by atoms with Crippen molar-refractivity contribution < 1.29 is 4.79 Å². The van der Waals surface area contributed by atoms with Crippen LogP contribution in [0.3, 0.4) is 0 Å². The molecule has 1 saturated heterocycles. The maximum atomic E-state index is 11.9. The second-order valence-electron chi connectivity index (χ2n) is 6.25. The van der Waals surface area contributed by atoms with Gasteiger partial charge in [-0.25, -0.2) is 4.98 Å². The number of likely N-dealkylation sites (tertiary alicyclic amines) is 1. The van der Waals surface area contributed by atoms with Crippen LogP contribution in [0, 0.1) is 0 Å². The van der Waals surface area contributed by atoms with Gasteiger partial charge in [-0.15, -0.1) is 0 Å². The van der Waals surface area contributed by atoms with Gasteiger partial charge in [0, 0.05) is 25.7 Å². The second kappa shape index (κ2) is 6.50. The Morgan fingerprint density at radius 2 is 1.87 bits per heavy atom. The molecule has 6 heteroatoms. The summed E-state index contributed by atoms with van der Waals surface area (Å²) in [7, 11) is 3.39. The Kier molecular flexibility index (Phi) is 4.43. The van der Waals surface area contributed by atoms with Crippen LogP contribution in [0.25, 0.3) is 11.4 Å². The molecule has 6 nitrogen and oxygen atoms in total. The smallest absolute Gasteiger partial charge is 0.290 e. The predicted molar refractivity (Wildman–Crippen MR) is 89.1 cm³/mol. The molecule has 1 atom stereocenters. The number of H-pyrrole nitrogens is 1. The molecule has 1 fully saturated rings. The third-order valence-electron chi connectivity index (χ3n) is 4.43. The van der Waals surface area contributed by atoms with Gasteiger partial charge in [0.05, 0.1) is 0 Å². The molecule has 1 aliphatic heterocycles. The highest BCUT2D eigenvalue weighted by molar-refractivity contribution is 5.90. The Morgan fingerprint density at radius 1 is 1.22 bits per heavy atom. The summed E-state index contributed by atoms with van der Waals surface area (Å²) in [6, 6.07) is 8.73. The fourth-order valence-corrected chi connectivity index (χ4v) is 2.95. The number of carbonyl (C=O) groups excluding carboxylic acids is 1. The van der Waals surface area contributed by atoms with Crippen molar-refractivity contribution in [2.75, 3.05) is 27.2 Å². The monoisotopic (exact) mass is 313 g/mol. The number of nitrogens with zero attached hydrogens (tertiary/aromatic N) is 4. The van der Waals surface area contributed by atoms with Crippen LogP contribution in [-0.4, -0.2) is 58.1 Å². The topological polar surface area (TPSA) is 65.1 Å². The zero-order chi connectivity index (χ0) is 16.4. The fourth-order valence-electron chi connectivity index (χ4n) is 2.95. The summed E-state index contributed by atoms with van der Waals surface area (Å²) in [6.07, 6.45) is 2.59. The van der Waals surface area contributed by atoms with Gasteiger partial charge in [0.25, 0.3) is 5.91 Å². The summed E-state index contributed by atoms with van der Waals surface area (Å²) < 4.78 is 0. The normalized spacial score (nSPS) is 16.5. The number of amides is 1. The maximum Gasteiger partial charge on any atom is 0.290 e. The Labute approximate surface area is 136 Å². The first kappa shape index (κ1) is 15.7. The molecule has 0 radical (unpaired) electrons. The van der Waals surface area contributed by atoms with E-state index in [1.807, 2.05) is 12.1 Å². The first-order valence-electron chi connectivity index (χ1n) is 8.04. The SMILES string of the molecule is C[C@H](c1ccc(-c2n[nH]c(C(=O)N(C)C)n2)cc1)N1CCCC1. The lowest BCUT2D eigenvalue weighted by atomic mass is 10.0. The Balaban J connectivity index is 1.75. The molecule has 1 aliphatic rings. The number of hydrogen-bond donors (Lipinski definition) is 1. The fraction of sp³-hybridized carbons (Fsp3) is 0.471. The molecule has 1 aromatic heterocycles. The van der Waals surface area contributed by atoms with Gasteiger partial charge in [-0.05, 0) is 38.4 Å². The molecule has 23 heavy (non-hydrogen) atoms. The number of carbonyl (C=O) groups is 1. The second-order valence-corrected chi connectivity index (χ2v) is 6.25. The zero-order valence-electron chi connectivity index (χ0n) is 13.9.